The Morgan fingerprint density at radius 2 is 2.04 bits per heavy atom. The van der Waals surface area contributed by atoms with E-state index in [-0.39, 0.29) is 5.91 Å². The molecule has 2 aliphatic rings. The first-order valence-electron chi connectivity index (χ1n) is 8.28. The normalized spacial score (nSPS) is 17.8. The molecule has 23 heavy (non-hydrogen) atoms. The third-order valence-corrected chi connectivity index (χ3v) is 4.97. The van der Waals surface area contributed by atoms with Gasteiger partial charge in [-0.05, 0) is 71.9 Å². The Morgan fingerprint density at radius 3 is 2.87 bits per heavy atom. The van der Waals surface area contributed by atoms with Crippen molar-refractivity contribution < 1.29 is 14.3 Å². The van der Waals surface area contributed by atoms with E-state index in [1.807, 2.05) is 12.1 Å². The molecule has 0 bridgehead atoms. The maximum atomic E-state index is 12.0. The zero-order valence-corrected chi connectivity index (χ0v) is 14.8. The van der Waals surface area contributed by atoms with Crippen molar-refractivity contribution in [3.8, 4) is 11.5 Å². The highest BCUT2D eigenvalue weighted by Crippen LogP contribution is 2.38. The van der Waals surface area contributed by atoms with Crippen LogP contribution in [0.1, 0.15) is 31.2 Å². The highest BCUT2D eigenvalue weighted by molar-refractivity contribution is 9.10. The van der Waals surface area contributed by atoms with Gasteiger partial charge in [-0.3, -0.25) is 4.79 Å². The number of nitrogens with one attached hydrogen (secondary N) is 2. The van der Waals surface area contributed by atoms with E-state index in [2.05, 4.69) is 26.6 Å². The summed E-state index contributed by atoms with van der Waals surface area (Å²) in [5.41, 5.74) is 1.01. The number of hydrogen-bond acceptors (Lipinski definition) is 4. The van der Waals surface area contributed by atoms with Crippen LogP contribution in [-0.4, -0.2) is 32.2 Å². The molecule has 1 aromatic rings. The summed E-state index contributed by atoms with van der Waals surface area (Å²) in [5, 5.41) is 6.35. The van der Waals surface area contributed by atoms with Gasteiger partial charge in [0.15, 0.2) is 11.5 Å². The fraction of sp³-hybridized carbons (Fsp3) is 0.588. The predicted octanol–water partition coefficient (Wildman–Crippen LogP) is 2.62. The van der Waals surface area contributed by atoms with E-state index in [4.69, 9.17) is 9.47 Å². The molecule has 1 aromatic carbocycles. The molecule has 0 aromatic heterocycles. The largest absolute Gasteiger partial charge is 0.486 e. The lowest BCUT2D eigenvalue weighted by molar-refractivity contribution is -0.121. The summed E-state index contributed by atoms with van der Waals surface area (Å²) in [5.74, 6) is 2.29. The van der Waals surface area contributed by atoms with Crippen molar-refractivity contribution in [2.24, 2.45) is 5.92 Å². The second kappa shape index (κ2) is 8.02. The lowest BCUT2D eigenvalue weighted by Gasteiger charge is -2.22. The van der Waals surface area contributed by atoms with Gasteiger partial charge in [0.2, 0.25) is 5.91 Å². The highest BCUT2D eigenvalue weighted by atomic mass is 79.9. The van der Waals surface area contributed by atoms with E-state index < -0.39 is 0 Å². The smallest absolute Gasteiger partial charge is 0.220 e. The molecule has 0 aliphatic carbocycles. The number of fused-ring (bicyclic) bond motifs is 1. The number of amides is 1. The predicted molar refractivity (Wildman–Crippen MR) is 91.8 cm³/mol. The maximum Gasteiger partial charge on any atom is 0.220 e. The van der Waals surface area contributed by atoms with Gasteiger partial charge in [0.05, 0.1) is 4.47 Å². The fourth-order valence-corrected chi connectivity index (χ4v) is 3.66. The fourth-order valence-electron chi connectivity index (χ4n) is 3.06. The summed E-state index contributed by atoms with van der Waals surface area (Å²) in [6.07, 6.45) is 3.96. The lowest BCUT2D eigenvalue weighted by atomic mass is 9.93. The molecule has 2 N–H and O–H groups in total. The summed E-state index contributed by atoms with van der Waals surface area (Å²) in [4.78, 5) is 12.0. The quantitative estimate of drug-likeness (QED) is 0.821. The Bertz CT molecular complexity index is 559. The van der Waals surface area contributed by atoms with Gasteiger partial charge in [-0.25, -0.2) is 0 Å². The van der Waals surface area contributed by atoms with Gasteiger partial charge in [0, 0.05) is 13.0 Å². The van der Waals surface area contributed by atoms with Gasteiger partial charge in [-0.1, -0.05) is 0 Å². The number of carbonyl (C=O) groups is 1. The van der Waals surface area contributed by atoms with Gasteiger partial charge >= 0.3 is 0 Å². The monoisotopic (exact) mass is 382 g/mol. The number of piperidine rings is 1. The van der Waals surface area contributed by atoms with Gasteiger partial charge in [-0.15, -0.1) is 0 Å². The Balaban J connectivity index is 1.47. The molecule has 1 amide bonds. The van der Waals surface area contributed by atoms with Crippen molar-refractivity contribution in [1.29, 1.82) is 0 Å². The minimum Gasteiger partial charge on any atom is -0.486 e. The highest BCUT2D eigenvalue weighted by Gasteiger charge is 2.17. The second-order valence-corrected chi connectivity index (χ2v) is 6.96. The first-order chi connectivity index (χ1) is 11.2. The Kier molecular flexibility index (Phi) is 5.78. The van der Waals surface area contributed by atoms with Crippen LogP contribution in [0.3, 0.4) is 0 Å². The van der Waals surface area contributed by atoms with Crippen LogP contribution < -0.4 is 20.1 Å². The van der Waals surface area contributed by atoms with Crippen LogP contribution in [0.25, 0.3) is 0 Å². The van der Waals surface area contributed by atoms with Crippen molar-refractivity contribution in [2.45, 2.75) is 32.2 Å². The van der Waals surface area contributed by atoms with Crippen molar-refractivity contribution >= 4 is 21.8 Å². The third-order valence-electron chi connectivity index (χ3n) is 4.38. The van der Waals surface area contributed by atoms with Crippen LogP contribution in [0.5, 0.6) is 11.5 Å². The van der Waals surface area contributed by atoms with E-state index in [0.717, 1.165) is 41.0 Å². The van der Waals surface area contributed by atoms with Crippen LogP contribution >= 0.6 is 15.9 Å². The Hall–Kier alpha value is -1.27. The van der Waals surface area contributed by atoms with Crippen LogP contribution in [0.4, 0.5) is 0 Å². The zero-order valence-electron chi connectivity index (χ0n) is 13.2. The van der Waals surface area contributed by atoms with Crippen molar-refractivity contribution in [3.63, 3.8) is 0 Å². The van der Waals surface area contributed by atoms with E-state index in [1.54, 1.807) is 0 Å². The molecular formula is C17H23BrN2O3. The van der Waals surface area contributed by atoms with Gasteiger partial charge in [0.1, 0.15) is 13.2 Å². The number of hydrogen-bond donors (Lipinski definition) is 2. The molecule has 1 saturated heterocycles. The third kappa shape index (κ3) is 4.61. The Labute approximate surface area is 145 Å². The molecule has 2 heterocycles. The van der Waals surface area contributed by atoms with Crippen LogP contribution in [0.2, 0.25) is 0 Å². The van der Waals surface area contributed by atoms with Crippen molar-refractivity contribution in [3.05, 3.63) is 22.2 Å². The molecule has 1 fully saturated rings. The first kappa shape index (κ1) is 16.6. The minimum atomic E-state index is 0.120. The Morgan fingerprint density at radius 1 is 1.26 bits per heavy atom. The minimum absolute atomic E-state index is 0.120. The summed E-state index contributed by atoms with van der Waals surface area (Å²) >= 11 is 3.50. The molecule has 0 radical (unpaired) electrons. The number of ether oxygens (including phenoxy) is 2. The lowest BCUT2D eigenvalue weighted by Crippen LogP contribution is -2.29. The molecule has 3 rings (SSSR count). The SMILES string of the molecule is O=C(CCC1CCNCC1)NCc1cc(Br)c2c(c1)OCCO2. The van der Waals surface area contributed by atoms with Crippen molar-refractivity contribution in [2.75, 3.05) is 26.3 Å². The van der Waals surface area contributed by atoms with Crippen molar-refractivity contribution in [1.82, 2.24) is 10.6 Å². The number of benzene rings is 1. The molecule has 0 spiro atoms. The van der Waals surface area contributed by atoms with Gasteiger partial charge in [0.25, 0.3) is 0 Å². The topological polar surface area (TPSA) is 59.6 Å². The van der Waals surface area contributed by atoms with E-state index >= 15 is 0 Å². The number of rotatable bonds is 5. The average Bonchev–Trinajstić information content (AvgIpc) is 2.59. The van der Waals surface area contributed by atoms with Crippen LogP contribution in [-0.2, 0) is 11.3 Å². The maximum absolute atomic E-state index is 12.0. The zero-order chi connectivity index (χ0) is 16.1. The molecule has 0 atom stereocenters. The van der Waals surface area contributed by atoms with E-state index in [1.165, 1.54) is 12.8 Å². The molecule has 0 saturated carbocycles. The van der Waals surface area contributed by atoms with E-state index in [0.29, 0.717) is 32.1 Å². The summed E-state index contributed by atoms with van der Waals surface area (Å²) in [6, 6.07) is 3.91. The molecule has 6 heteroatoms. The second-order valence-electron chi connectivity index (χ2n) is 6.11. The summed E-state index contributed by atoms with van der Waals surface area (Å²) in [7, 11) is 0. The molecular weight excluding hydrogens is 360 g/mol. The number of halogens is 1. The van der Waals surface area contributed by atoms with E-state index in [9.17, 15) is 4.79 Å². The molecule has 2 aliphatic heterocycles. The summed E-state index contributed by atoms with van der Waals surface area (Å²) in [6.45, 7) is 3.80. The number of carbonyl (C=O) groups excluding carboxylic acids is 1. The van der Waals surface area contributed by atoms with Gasteiger partial charge < -0.3 is 20.1 Å². The van der Waals surface area contributed by atoms with Crippen LogP contribution in [0.15, 0.2) is 16.6 Å². The van der Waals surface area contributed by atoms with Gasteiger partial charge in [-0.2, -0.15) is 0 Å². The molecule has 5 nitrogen and oxygen atoms in total. The summed E-state index contributed by atoms with van der Waals surface area (Å²) < 4.78 is 12.1. The first-order valence-corrected chi connectivity index (χ1v) is 9.07. The average molecular weight is 383 g/mol. The molecule has 0 unspecified atom stereocenters. The standard InChI is InChI=1S/C17H23BrN2O3/c18-14-9-13(10-15-17(14)23-8-7-22-15)11-20-16(21)2-1-12-3-5-19-6-4-12/h9-10,12,19H,1-8,11H2,(H,20,21). The van der Waals surface area contributed by atoms with Crippen LogP contribution in [0, 0.1) is 5.92 Å². The molecule has 126 valence electrons.